The first-order valence-electron chi connectivity index (χ1n) is 9.32. The quantitative estimate of drug-likeness (QED) is 0.504. The highest BCUT2D eigenvalue weighted by atomic mass is 35.5. The Morgan fingerprint density at radius 3 is 2.50 bits per heavy atom. The minimum Gasteiger partial charge on any atom is -0.310 e. The standard InChI is InChI=1S/C23H28N2.ClH/c1-18-7-9-20(10-8-18)6-4-3-5-19(2)25-16-21-11-12-23-17-24-14-13-22(23)15-21;/h7-15,17,19,25H,3-6,16H2,1-2H3;1H/t19-;/m1./s1. The van der Waals surface area contributed by atoms with Crippen molar-refractivity contribution in [3.8, 4) is 0 Å². The molecular formula is C23H29ClN2. The number of nitrogens with one attached hydrogen (secondary N) is 1. The number of hydrogen-bond acceptors (Lipinski definition) is 2. The van der Waals surface area contributed by atoms with Gasteiger partial charge in [-0.05, 0) is 61.8 Å². The number of pyridine rings is 1. The zero-order chi connectivity index (χ0) is 17.5. The van der Waals surface area contributed by atoms with Crippen molar-refractivity contribution >= 4 is 23.2 Å². The Hall–Kier alpha value is -1.90. The largest absolute Gasteiger partial charge is 0.310 e. The molecule has 2 nitrogen and oxygen atoms in total. The highest BCUT2D eigenvalue weighted by Crippen LogP contribution is 2.15. The van der Waals surface area contributed by atoms with E-state index >= 15 is 0 Å². The summed E-state index contributed by atoms with van der Waals surface area (Å²) in [5.74, 6) is 0. The number of unbranched alkanes of at least 4 members (excludes halogenated alkanes) is 1. The number of hydrogen-bond donors (Lipinski definition) is 1. The Morgan fingerprint density at radius 1 is 0.923 bits per heavy atom. The van der Waals surface area contributed by atoms with Crippen LogP contribution in [0.5, 0.6) is 0 Å². The van der Waals surface area contributed by atoms with E-state index < -0.39 is 0 Å². The molecular weight excluding hydrogens is 340 g/mol. The zero-order valence-electron chi connectivity index (χ0n) is 15.7. The first-order valence-corrected chi connectivity index (χ1v) is 9.32. The van der Waals surface area contributed by atoms with Crippen molar-refractivity contribution in [2.45, 2.75) is 52.1 Å². The molecule has 0 saturated carbocycles. The summed E-state index contributed by atoms with van der Waals surface area (Å²) in [6.07, 6.45) is 8.72. The topological polar surface area (TPSA) is 24.9 Å². The SMILES string of the molecule is Cc1ccc(CCCC[C@@H](C)NCc2ccc3cnccc3c2)cc1.Cl. The molecule has 0 radical (unpaired) electrons. The van der Waals surface area contributed by atoms with Crippen molar-refractivity contribution in [3.63, 3.8) is 0 Å². The van der Waals surface area contributed by atoms with Crippen LogP contribution in [0.1, 0.15) is 42.9 Å². The van der Waals surface area contributed by atoms with Crippen LogP contribution in [0.25, 0.3) is 10.8 Å². The maximum absolute atomic E-state index is 4.17. The van der Waals surface area contributed by atoms with Crippen LogP contribution < -0.4 is 5.32 Å². The van der Waals surface area contributed by atoms with Crippen molar-refractivity contribution < 1.29 is 0 Å². The van der Waals surface area contributed by atoms with Gasteiger partial charge in [0.1, 0.15) is 0 Å². The van der Waals surface area contributed by atoms with Crippen molar-refractivity contribution in [1.82, 2.24) is 10.3 Å². The molecule has 2 aromatic carbocycles. The van der Waals surface area contributed by atoms with Crippen LogP contribution in [-0.4, -0.2) is 11.0 Å². The third-order valence-corrected chi connectivity index (χ3v) is 4.83. The van der Waals surface area contributed by atoms with Crippen molar-refractivity contribution in [1.29, 1.82) is 0 Å². The molecule has 0 unspecified atom stereocenters. The summed E-state index contributed by atoms with van der Waals surface area (Å²) < 4.78 is 0. The summed E-state index contributed by atoms with van der Waals surface area (Å²) in [6.45, 7) is 5.36. The fourth-order valence-corrected chi connectivity index (χ4v) is 3.17. The molecule has 3 aromatic rings. The van der Waals surface area contributed by atoms with Crippen LogP contribution in [0.3, 0.4) is 0 Å². The van der Waals surface area contributed by atoms with Gasteiger partial charge < -0.3 is 5.32 Å². The summed E-state index contributed by atoms with van der Waals surface area (Å²) in [6, 6.07) is 18.2. The van der Waals surface area contributed by atoms with Crippen LogP contribution in [0.4, 0.5) is 0 Å². The van der Waals surface area contributed by atoms with E-state index in [1.54, 1.807) is 0 Å². The van der Waals surface area contributed by atoms with Gasteiger partial charge in [-0.2, -0.15) is 0 Å². The predicted molar refractivity (Wildman–Crippen MR) is 114 cm³/mol. The Bertz CT molecular complexity index is 799. The Morgan fingerprint density at radius 2 is 1.69 bits per heavy atom. The molecule has 0 aliphatic carbocycles. The van der Waals surface area contributed by atoms with E-state index in [1.807, 2.05) is 12.4 Å². The van der Waals surface area contributed by atoms with Gasteiger partial charge in [0.05, 0.1) is 0 Å². The fraction of sp³-hybridized carbons (Fsp3) is 0.348. The van der Waals surface area contributed by atoms with E-state index in [0.717, 1.165) is 6.54 Å². The monoisotopic (exact) mass is 368 g/mol. The van der Waals surface area contributed by atoms with Crippen molar-refractivity contribution in [3.05, 3.63) is 77.6 Å². The van der Waals surface area contributed by atoms with Gasteiger partial charge in [0.2, 0.25) is 0 Å². The van der Waals surface area contributed by atoms with Crippen LogP contribution in [0.15, 0.2) is 60.9 Å². The van der Waals surface area contributed by atoms with E-state index in [-0.39, 0.29) is 12.4 Å². The van der Waals surface area contributed by atoms with Gasteiger partial charge in [-0.3, -0.25) is 4.98 Å². The second kappa shape index (κ2) is 10.3. The number of benzene rings is 2. The lowest BCUT2D eigenvalue weighted by Gasteiger charge is -2.14. The lowest BCUT2D eigenvalue weighted by Crippen LogP contribution is -2.25. The fourth-order valence-electron chi connectivity index (χ4n) is 3.17. The van der Waals surface area contributed by atoms with Crippen molar-refractivity contribution in [2.24, 2.45) is 0 Å². The summed E-state index contributed by atoms with van der Waals surface area (Å²) in [5, 5.41) is 6.12. The Kier molecular flexibility index (Phi) is 8.08. The number of rotatable bonds is 8. The highest BCUT2D eigenvalue weighted by molar-refractivity contribution is 5.85. The molecule has 0 bridgehead atoms. The molecule has 0 fully saturated rings. The molecule has 1 atom stereocenters. The van der Waals surface area contributed by atoms with Gasteiger partial charge in [-0.15, -0.1) is 12.4 Å². The summed E-state index contributed by atoms with van der Waals surface area (Å²) in [4.78, 5) is 4.17. The average Bonchev–Trinajstić information content (AvgIpc) is 2.65. The molecule has 0 aliphatic rings. The van der Waals surface area contributed by atoms with Gasteiger partial charge in [0.25, 0.3) is 0 Å². The summed E-state index contributed by atoms with van der Waals surface area (Å²) >= 11 is 0. The molecule has 3 rings (SSSR count). The molecule has 1 heterocycles. The molecule has 26 heavy (non-hydrogen) atoms. The Balaban J connectivity index is 0.00000243. The number of halogens is 1. The zero-order valence-corrected chi connectivity index (χ0v) is 16.6. The molecule has 1 N–H and O–H groups in total. The Labute approximate surface area is 163 Å². The van der Waals surface area contributed by atoms with Crippen LogP contribution in [0.2, 0.25) is 0 Å². The minimum atomic E-state index is 0. The maximum atomic E-state index is 4.17. The highest BCUT2D eigenvalue weighted by Gasteiger charge is 2.03. The van der Waals surface area contributed by atoms with Crippen molar-refractivity contribution in [2.75, 3.05) is 0 Å². The molecule has 1 aromatic heterocycles. The van der Waals surface area contributed by atoms with E-state index in [4.69, 9.17) is 0 Å². The van der Waals surface area contributed by atoms with E-state index in [9.17, 15) is 0 Å². The first-order chi connectivity index (χ1) is 12.2. The van der Waals surface area contributed by atoms with Gasteiger partial charge in [-0.25, -0.2) is 0 Å². The van der Waals surface area contributed by atoms with E-state index in [2.05, 4.69) is 72.7 Å². The number of aromatic nitrogens is 1. The molecule has 0 amide bonds. The number of aryl methyl sites for hydroxylation is 2. The van der Waals surface area contributed by atoms with Gasteiger partial charge in [0.15, 0.2) is 0 Å². The molecule has 3 heteroatoms. The molecule has 0 aliphatic heterocycles. The average molecular weight is 369 g/mol. The summed E-state index contributed by atoms with van der Waals surface area (Å²) in [7, 11) is 0. The van der Waals surface area contributed by atoms with Crippen LogP contribution >= 0.6 is 12.4 Å². The van der Waals surface area contributed by atoms with Crippen LogP contribution in [0, 0.1) is 6.92 Å². The molecule has 0 spiro atoms. The summed E-state index contributed by atoms with van der Waals surface area (Å²) in [5.41, 5.74) is 4.13. The minimum absolute atomic E-state index is 0. The predicted octanol–water partition coefficient (Wildman–Crippen LogP) is 5.86. The van der Waals surface area contributed by atoms with E-state index in [1.165, 1.54) is 53.1 Å². The first kappa shape index (κ1) is 20.4. The second-order valence-electron chi connectivity index (χ2n) is 7.07. The third kappa shape index (κ3) is 6.12. The van der Waals surface area contributed by atoms with Crippen LogP contribution in [-0.2, 0) is 13.0 Å². The smallest absolute Gasteiger partial charge is 0.0346 e. The molecule has 0 saturated heterocycles. The van der Waals surface area contributed by atoms with E-state index in [0.29, 0.717) is 6.04 Å². The normalized spacial score (nSPS) is 11.9. The second-order valence-corrected chi connectivity index (χ2v) is 7.07. The maximum Gasteiger partial charge on any atom is 0.0346 e. The third-order valence-electron chi connectivity index (χ3n) is 4.83. The lowest BCUT2D eigenvalue weighted by atomic mass is 10.0. The lowest BCUT2D eigenvalue weighted by molar-refractivity contribution is 0.489. The van der Waals surface area contributed by atoms with Gasteiger partial charge in [-0.1, -0.05) is 48.4 Å². The number of nitrogens with zero attached hydrogens (tertiary/aromatic N) is 1. The van der Waals surface area contributed by atoms with Gasteiger partial charge in [0, 0.05) is 30.4 Å². The molecule has 138 valence electrons. The number of fused-ring (bicyclic) bond motifs is 1. The van der Waals surface area contributed by atoms with Gasteiger partial charge >= 0.3 is 0 Å².